The lowest BCUT2D eigenvalue weighted by Gasteiger charge is -2.33. The summed E-state index contributed by atoms with van der Waals surface area (Å²) < 4.78 is 11.1. The van der Waals surface area contributed by atoms with Gasteiger partial charge in [0.25, 0.3) is 0 Å². The summed E-state index contributed by atoms with van der Waals surface area (Å²) in [5.41, 5.74) is 0. The molecule has 2 saturated heterocycles. The molecule has 0 saturated carbocycles. The van der Waals surface area contributed by atoms with E-state index in [2.05, 4.69) is 0 Å². The minimum Gasteiger partial charge on any atom is -0.378 e. The molecule has 2 aliphatic heterocycles. The lowest BCUT2D eigenvalue weighted by Crippen LogP contribution is -2.45. The normalized spacial score (nSPS) is 29.8. The summed E-state index contributed by atoms with van der Waals surface area (Å²) in [5, 5.41) is 0. The lowest BCUT2D eigenvalue weighted by molar-refractivity contribution is -0.139. The zero-order valence-electron chi connectivity index (χ0n) is 10.9. The van der Waals surface area contributed by atoms with Gasteiger partial charge >= 0.3 is 0 Å². The van der Waals surface area contributed by atoms with Crippen LogP contribution in [0.4, 0.5) is 0 Å². The summed E-state index contributed by atoms with van der Waals surface area (Å²) in [6.07, 6.45) is 3.05. The second kappa shape index (κ2) is 6.73. The summed E-state index contributed by atoms with van der Waals surface area (Å²) in [4.78, 5) is 14.3. The molecule has 0 aromatic heterocycles. The fraction of sp³-hybridized carbons (Fsp3) is 0.923. The number of amides is 1. The molecule has 0 aromatic rings. The molecule has 0 aliphatic carbocycles. The van der Waals surface area contributed by atoms with E-state index < -0.39 is 0 Å². The Labute approximate surface area is 114 Å². The third-order valence-corrected chi connectivity index (χ3v) is 4.03. The van der Waals surface area contributed by atoms with Crippen molar-refractivity contribution in [3.63, 3.8) is 0 Å². The van der Waals surface area contributed by atoms with Gasteiger partial charge in [0, 0.05) is 25.6 Å². The fourth-order valence-electron chi connectivity index (χ4n) is 2.74. The number of hydrogen-bond donors (Lipinski definition) is 0. The summed E-state index contributed by atoms with van der Waals surface area (Å²) in [6.45, 7) is 4.91. The summed E-state index contributed by atoms with van der Waals surface area (Å²) in [5.74, 6) is 0.858. The number of carbonyl (C=O) groups excluding carboxylic acids is 1. The van der Waals surface area contributed by atoms with Crippen molar-refractivity contribution in [3.05, 3.63) is 0 Å². The van der Waals surface area contributed by atoms with Gasteiger partial charge in [-0.05, 0) is 26.2 Å². The predicted octanol–water partition coefficient (Wildman–Crippen LogP) is 1.66. The van der Waals surface area contributed by atoms with Gasteiger partial charge < -0.3 is 14.4 Å². The number of ether oxygens (including phenoxy) is 2. The topological polar surface area (TPSA) is 38.8 Å². The van der Waals surface area contributed by atoms with Gasteiger partial charge in [0.2, 0.25) is 5.91 Å². The highest BCUT2D eigenvalue weighted by atomic mass is 35.5. The van der Waals surface area contributed by atoms with Gasteiger partial charge in [-0.3, -0.25) is 4.79 Å². The van der Waals surface area contributed by atoms with Crippen LogP contribution < -0.4 is 0 Å². The van der Waals surface area contributed by atoms with Crippen molar-refractivity contribution < 1.29 is 14.3 Å². The van der Waals surface area contributed by atoms with E-state index in [1.165, 1.54) is 0 Å². The molecule has 4 nitrogen and oxygen atoms in total. The Hall–Kier alpha value is -0.320. The first-order chi connectivity index (χ1) is 8.72. The molecule has 0 aromatic carbocycles. The first-order valence-electron chi connectivity index (χ1n) is 6.80. The van der Waals surface area contributed by atoms with Crippen LogP contribution in [0.1, 0.15) is 26.2 Å². The Morgan fingerprint density at radius 1 is 1.39 bits per heavy atom. The van der Waals surface area contributed by atoms with Gasteiger partial charge in [0.1, 0.15) is 0 Å². The number of likely N-dealkylation sites (tertiary alicyclic amines) is 1. The number of piperidine rings is 1. The molecule has 5 heteroatoms. The minimum atomic E-state index is 0.0605. The Morgan fingerprint density at radius 2 is 2.11 bits per heavy atom. The molecule has 18 heavy (non-hydrogen) atoms. The molecule has 2 rings (SSSR count). The van der Waals surface area contributed by atoms with Crippen LogP contribution in [0.15, 0.2) is 0 Å². The molecule has 2 heterocycles. The maximum absolute atomic E-state index is 12.3. The highest BCUT2D eigenvalue weighted by Gasteiger charge is 2.35. The van der Waals surface area contributed by atoms with E-state index in [0.717, 1.165) is 32.4 Å². The molecule has 2 aliphatic rings. The van der Waals surface area contributed by atoms with Crippen LogP contribution in [0.25, 0.3) is 0 Å². The number of hydrogen-bond acceptors (Lipinski definition) is 3. The Bertz CT molecular complexity index is 279. The van der Waals surface area contributed by atoms with Crippen molar-refractivity contribution in [2.24, 2.45) is 5.92 Å². The van der Waals surface area contributed by atoms with E-state index in [0.29, 0.717) is 19.1 Å². The van der Waals surface area contributed by atoms with Crippen LogP contribution in [0.5, 0.6) is 0 Å². The average molecular weight is 276 g/mol. The van der Waals surface area contributed by atoms with Crippen molar-refractivity contribution in [2.45, 2.75) is 38.4 Å². The molecule has 0 bridgehead atoms. The quantitative estimate of drug-likeness (QED) is 0.733. The Kier molecular flexibility index (Phi) is 5.27. The van der Waals surface area contributed by atoms with E-state index in [1.54, 1.807) is 0 Å². The molecule has 0 N–H and O–H groups in total. The van der Waals surface area contributed by atoms with E-state index in [9.17, 15) is 4.79 Å². The molecular formula is C13H22ClNO3. The fourth-order valence-corrected chi connectivity index (χ4v) is 2.83. The second-order valence-corrected chi connectivity index (χ2v) is 5.43. The molecule has 2 fully saturated rings. The molecule has 0 radical (unpaired) electrons. The standard InChI is InChI=1S/C13H22ClNO3/c1-10-12(4-8-17-10)13(16)15-6-2-11(3-7-15)18-9-5-14/h10-12H,2-9H2,1H3. The van der Waals surface area contributed by atoms with Crippen LogP contribution in [0.2, 0.25) is 0 Å². The van der Waals surface area contributed by atoms with Crippen LogP contribution in [-0.4, -0.2) is 55.2 Å². The van der Waals surface area contributed by atoms with Crippen molar-refractivity contribution >= 4 is 17.5 Å². The minimum absolute atomic E-state index is 0.0605. The van der Waals surface area contributed by atoms with Gasteiger partial charge in [-0.1, -0.05) is 0 Å². The Balaban J connectivity index is 1.77. The molecule has 2 unspecified atom stereocenters. The largest absolute Gasteiger partial charge is 0.378 e. The monoisotopic (exact) mass is 275 g/mol. The molecule has 2 atom stereocenters. The van der Waals surface area contributed by atoms with Crippen LogP contribution >= 0.6 is 11.6 Å². The smallest absolute Gasteiger partial charge is 0.228 e. The number of rotatable bonds is 4. The van der Waals surface area contributed by atoms with Gasteiger partial charge in [-0.15, -0.1) is 11.6 Å². The van der Waals surface area contributed by atoms with Crippen LogP contribution in [0, 0.1) is 5.92 Å². The van der Waals surface area contributed by atoms with E-state index in [4.69, 9.17) is 21.1 Å². The van der Waals surface area contributed by atoms with Crippen molar-refractivity contribution in [1.82, 2.24) is 4.90 Å². The molecule has 104 valence electrons. The number of halogens is 1. The average Bonchev–Trinajstić information content (AvgIpc) is 2.82. The summed E-state index contributed by atoms with van der Waals surface area (Å²) in [6, 6.07) is 0. The van der Waals surface area contributed by atoms with Crippen molar-refractivity contribution in [3.8, 4) is 0 Å². The zero-order valence-corrected chi connectivity index (χ0v) is 11.7. The molecular weight excluding hydrogens is 254 g/mol. The van der Waals surface area contributed by atoms with Crippen molar-refractivity contribution in [1.29, 1.82) is 0 Å². The van der Waals surface area contributed by atoms with Crippen molar-refractivity contribution in [2.75, 3.05) is 32.2 Å². The lowest BCUT2D eigenvalue weighted by atomic mass is 9.99. The first-order valence-corrected chi connectivity index (χ1v) is 7.33. The van der Waals surface area contributed by atoms with Gasteiger partial charge in [-0.2, -0.15) is 0 Å². The number of carbonyl (C=O) groups is 1. The molecule has 0 spiro atoms. The third-order valence-electron chi connectivity index (χ3n) is 3.88. The van der Waals surface area contributed by atoms with Gasteiger partial charge in [0.15, 0.2) is 0 Å². The number of alkyl halides is 1. The first kappa shape index (κ1) is 14.1. The predicted molar refractivity (Wildman–Crippen MR) is 69.8 cm³/mol. The Morgan fingerprint density at radius 3 is 2.67 bits per heavy atom. The van der Waals surface area contributed by atoms with Crippen LogP contribution in [-0.2, 0) is 14.3 Å². The second-order valence-electron chi connectivity index (χ2n) is 5.06. The summed E-state index contributed by atoms with van der Waals surface area (Å²) in [7, 11) is 0. The van der Waals surface area contributed by atoms with E-state index in [1.807, 2.05) is 11.8 Å². The van der Waals surface area contributed by atoms with Gasteiger partial charge in [-0.25, -0.2) is 0 Å². The highest BCUT2D eigenvalue weighted by Crippen LogP contribution is 2.24. The third kappa shape index (κ3) is 3.37. The maximum Gasteiger partial charge on any atom is 0.228 e. The van der Waals surface area contributed by atoms with E-state index >= 15 is 0 Å². The summed E-state index contributed by atoms with van der Waals surface area (Å²) >= 11 is 5.60. The van der Waals surface area contributed by atoms with E-state index in [-0.39, 0.29) is 24.0 Å². The highest BCUT2D eigenvalue weighted by molar-refractivity contribution is 6.17. The maximum atomic E-state index is 12.3. The molecule has 1 amide bonds. The SMILES string of the molecule is CC1OCCC1C(=O)N1CCC(OCCCl)CC1. The van der Waals surface area contributed by atoms with Gasteiger partial charge in [0.05, 0.1) is 24.7 Å². The number of nitrogens with zero attached hydrogens (tertiary/aromatic N) is 1. The van der Waals surface area contributed by atoms with Crippen LogP contribution in [0.3, 0.4) is 0 Å². The zero-order chi connectivity index (χ0) is 13.0.